The Labute approximate surface area is 108 Å². The van der Waals surface area contributed by atoms with Gasteiger partial charge in [-0.25, -0.2) is 4.79 Å². The molecule has 2 N–H and O–H groups in total. The molecule has 1 aromatic heterocycles. The number of esters is 1. The quantitative estimate of drug-likeness (QED) is 0.571. The van der Waals surface area contributed by atoms with Gasteiger partial charge in [0.15, 0.2) is 0 Å². The molecule has 0 fully saturated rings. The lowest BCUT2D eigenvalue weighted by Crippen LogP contribution is -2.41. The molecule has 0 spiro atoms. The molecule has 19 heavy (non-hydrogen) atoms. The molecule has 0 saturated carbocycles. The number of carboxylic acids is 1. The third-order valence-corrected chi connectivity index (χ3v) is 2.16. The normalized spacial score (nSPS) is 12.1. The van der Waals surface area contributed by atoms with Crippen LogP contribution in [0.2, 0.25) is 0 Å². The van der Waals surface area contributed by atoms with Gasteiger partial charge < -0.3 is 19.6 Å². The van der Waals surface area contributed by atoms with Crippen LogP contribution < -0.4 is 5.32 Å². The van der Waals surface area contributed by atoms with Crippen molar-refractivity contribution >= 4 is 23.9 Å². The molecule has 0 unspecified atom stereocenters. The molecule has 7 heteroatoms. The number of carboxylic acid groups (broad SMARTS) is 1. The van der Waals surface area contributed by atoms with Crippen molar-refractivity contribution in [2.45, 2.75) is 12.5 Å². The fraction of sp³-hybridized carbons (Fsp3) is 0.250. The van der Waals surface area contributed by atoms with E-state index < -0.39 is 30.3 Å². The first-order valence-corrected chi connectivity index (χ1v) is 5.34. The third-order valence-electron chi connectivity index (χ3n) is 2.16. The van der Waals surface area contributed by atoms with Crippen molar-refractivity contribution < 1.29 is 28.6 Å². The summed E-state index contributed by atoms with van der Waals surface area (Å²) >= 11 is 0. The Bertz CT molecular complexity index is 476. The Balaban J connectivity index is 2.56. The van der Waals surface area contributed by atoms with Gasteiger partial charge in [0, 0.05) is 6.08 Å². The van der Waals surface area contributed by atoms with Crippen molar-refractivity contribution in [1.82, 2.24) is 5.32 Å². The smallest absolute Gasteiger partial charge is 0.326 e. The lowest BCUT2D eigenvalue weighted by Gasteiger charge is -2.11. The highest BCUT2D eigenvalue weighted by molar-refractivity contribution is 5.95. The van der Waals surface area contributed by atoms with Gasteiger partial charge in [0.25, 0.3) is 0 Å². The van der Waals surface area contributed by atoms with Crippen LogP contribution >= 0.6 is 0 Å². The lowest BCUT2D eigenvalue weighted by atomic mass is 10.2. The number of nitrogens with one attached hydrogen (secondary N) is 1. The van der Waals surface area contributed by atoms with Crippen molar-refractivity contribution in [3.05, 3.63) is 30.2 Å². The summed E-state index contributed by atoms with van der Waals surface area (Å²) in [6, 6.07) is 1.95. The van der Waals surface area contributed by atoms with E-state index in [1.807, 2.05) is 0 Å². The number of furan rings is 1. The fourth-order valence-electron chi connectivity index (χ4n) is 1.21. The van der Waals surface area contributed by atoms with Gasteiger partial charge in [-0.1, -0.05) is 0 Å². The SMILES string of the molecule is COC(=O)C[C@H](NC(=O)C=Cc1ccco1)C(=O)O. The summed E-state index contributed by atoms with van der Waals surface area (Å²) in [5.41, 5.74) is 0. The Morgan fingerprint density at radius 2 is 2.26 bits per heavy atom. The molecule has 0 saturated heterocycles. The van der Waals surface area contributed by atoms with Crippen molar-refractivity contribution in [2.75, 3.05) is 7.11 Å². The predicted octanol–water partition coefficient (Wildman–Crippen LogP) is 0.425. The molecule has 1 atom stereocenters. The number of aliphatic carboxylic acids is 1. The maximum absolute atomic E-state index is 11.5. The molecule has 0 radical (unpaired) electrons. The number of methoxy groups -OCH3 is 1. The van der Waals surface area contributed by atoms with E-state index in [0.717, 1.165) is 13.2 Å². The van der Waals surface area contributed by atoms with Crippen molar-refractivity contribution in [1.29, 1.82) is 0 Å². The van der Waals surface area contributed by atoms with Crippen molar-refractivity contribution in [2.24, 2.45) is 0 Å². The summed E-state index contributed by atoms with van der Waals surface area (Å²) in [4.78, 5) is 33.3. The number of hydrogen-bond acceptors (Lipinski definition) is 5. The molecule has 102 valence electrons. The summed E-state index contributed by atoms with van der Waals surface area (Å²) in [7, 11) is 1.14. The Hall–Kier alpha value is -2.57. The largest absolute Gasteiger partial charge is 0.480 e. The van der Waals surface area contributed by atoms with Gasteiger partial charge in [-0.15, -0.1) is 0 Å². The van der Waals surface area contributed by atoms with E-state index in [1.165, 1.54) is 12.3 Å². The maximum Gasteiger partial charge on any atom is 0.326 e. The third kappa shape index (κ3) is 5.07. The zero-order valence-corrected chi connectivity index (χ0v) is 10.2. The second kappa shape index (κ2) is 7.00. The Morgan fingerprint density at radius 3 is 2.79 bits per heavy atom. The first-order chi connectivity index (χ1) is 9.02. The second-order valence-corrected chi connectivity index (χ2v) is 3.53. The van der Waals surface area contributed by atoms with Crippen LogP contribution in [0.15, 0.2) is 28.9 Å². The molecule has 1 rings (SSSR count). The first-order valence-electron chi connectivity index (χ1n) is 5.34. The van der Waals surface area contributed by atoms with Crippen molar-refractivity contribution in [3.63, 3.8) is 0 Å². The zero-order valence-electron chi connectivity index (χ0n) is 10.2. The molecule has 0 aliphatic heterocycles. The molecule has 0 aliphatic carbocycles. The molecule has 0 aliphatic rings. The number of hydrogen-bond donors (Lipinski definition) is 2. The van der Waals surface area contributed by atoms with Crippen LogP contribution in [0.1, 0.15) is 12.2 Å². The molecule has 0 bridgehead atoms. The first kappa shape index (κ1) is 14.5. The Morgan fingerprint density at radius 1 is 1.53 bits per heavy atom. The van der Waals surface area contributed by atoms with Gasteiger partial charge in [0.2, 0.25) is 5.91 Å². The average molecular weight is 267 g/mol. The van der Waals surface area contributed by atoms with Gasteiger partial charge >= 0.3 is 11.9 Å². The molecule has 0 aromatic carbocycles. The number of rotatable bonds is 6. The van der Waals surface area contributed by atoms with Gasteiger partial charge in [-0.3, -0.25) is 9.59 Å². The number of ether oxygens (including phenoxy) is 1. The summed E-state index contributed by atoms with van der Waals surface area (Å²) in [6.45, 7) is 0. The molecular weight excluding hydrogens is 254 g/mol. The standard InChI is InChI=1S/C12H13NO6/c1-18-11(15)7-9(12(16)17)13-10(14)5-4-8-3-2-6-19-8/h2-6,9H,7H2,1H3,(H,13,14)(H,16,17)/t9-/m0/s1. The summed E-state index contributed by atoms with van der Waals surface area (Å²) in [6.07, 6.45) is 3.50. The van der Waals surface area contributed by atoms with Crippen LogP contribution in [-0.4, -0.2) is 36.1 Å². The van der Waals surface area contributed by atoms with Gasteiger partial charge in [0.05, 0.1) is 19.8 Å². The van der Waals surface area contributed by atoms with E-state index in [9.17, 15) is 14.4 Å². The highest BCUT2D eigenvalue weighted by atomic mass is 16.5. The monoisotopic (exact) mass is 267 g/mol. The van der Waals surface area contributed by atoms with E-state index in [4.69, 9.17) is 9.52 Å². The minimum Gasteiger partial charge on any atom is -0.480 e. The molecule has 1 heterocycles. The maximum atomic E-state index is 11.5. The molecular formula is C12H13NO6. The van der Waals surface area contributed by atoms with Gasteiger partial charge in [-0.05, 0) is 18.2 Å². The number of amides is 1. The van der Waals surface area contributed by atoms with E-state index >= 15 is 0 Å². The summed E-state index contributed by atoms with van der Waals surface area (Å²) < 4.78 is 9.31. The van der Waals surface area contributed by atoms with E-state index in [2.05, 4.69) is 10.1 Å². The summed E-state index contributed by atoms with van der Waals surface area (Å²) in [5.74, 6) is -2.23. The van der Waals surface area contributed by atoms with Crippen LogP contribution in [0.5, 0.6) is 0 Å². The topological polar surface area (TPSA) is 106 Å². The lowest BCUT2D eigenvalue weighted by molar-refractivity contribution is -0.148. The highest BCUT2D eigenvalue weighted by Gasteiger charge is 2.22. The average Bonchev–Trinajstić information content (AvgIpc) is 2.88. The second-order valence-electron chi connectivity index (χ2n) is 3.53. The minimum atomic E-state index is -1.33. The summed E-state index contributed by atoms with van der Waals surface area (Å²) in [5, 5.41) is 11.0. The highest BCUT2D eigenvalue weighted by Crippen LogP contribution is 2.02. The fourth-order valence-corrected chi connectivity index (χ4v) is 1.21. The van der Waals surface area contributed by atoms with Gasteiger partial charge in [0.1, 0.15) is 11.8 Å². The zero-order chi connectivity index (χ0) is 14.3. The molecule has 7 nitrogen and oxygen atoms in total. The molecule has 1 amide bonds. The van der Waals surface area contributed by atoms with Gasteiger partial charge in [-0.2, -0.15) is 0 Å². The van der Waals surface area contributed by atoms with Crippen LogP contribution in [0.4, 0.5) is 0 Å². The van der Waals surface area contributed by atoms with Crippen molar-refractivity contribution in [3.8, 4) is 0 Å². The van der Waals surface area contributed by atoms with Crippen LogP contribution in [0.3, 0.4) is 0 Å². The number of carbonyl (C=O) groups excluding carboxylic acids is 2. The van der Waals surface area contributed by atoms with Crippen LogP contribution in [0.25, 0.3) is 6.08 Å². The Kier molecular flexibility index (Phi) is 5.34. The van der Waals surface area contributed by atoms with Crippen LogP contribution in [-0.2, 0) is 19.1 Å². The number of carbonyl (C=O) groups is 3. The molecule has 1 aromatic rings. The van der Waals surface area contributed by atoms with Crippen LogP contribution in [0, 0.1) is 0 Å². The van der Waals surface area contributed by atoms with E-state index in [0.29, 0.717) is 5.76 Å². The van der Waals surface area contributed by atoms with E-state index in [-0.39, 0.29) is 0 Å². The van der Waals surface area contributed by atoms with E-state index in [1.54, 1.807) is 12.1 Å². The minimum absolute atomic E-state index is 0.438. The predicted molar refractivity (Wildman–Crippen MR) is 63.9 cm³/mol.